The van der Waals surface area contributed by atoms with Gasteiger partial charge in [-0.2, -0.15) is 0 Å². The highest BCUT2D eigenvalue weighted by molar-refractivity contribution is 6.08. The maximum Gasteiger partial charge on any atom is 0.405 e. The Morgan fingerprint density at radius 1 is 0.829 bits per heavy atom. The van der Waals surface area contributed by atoms with Crippen LogP contribution in [-0.4, -0.2) is 58.2 Å². The highest BCUT2D eigenvalue weighted by Gasteiger charge is 2.37. The Kier molecular flexibility index (Phi) is 12.1. The molecule has 0 saturated carbocycles. The predicted molar refractivity (Wildman–Crippen MR) is 133 cm³/mol. The number of nitrogens with zero attached hydrogens (tertiary/aromatic N) is 1. The minimum atomic E-state index is -1.35. The first-order valence-corrected chi connectivity index (χ1v) is 12.0. The molecule has 9 heteroatoms. The van der Waals surface area contributed by atoms with Gasteiger partial charge in [-0.3, -0.25) is 19.3 Å². The number of benzene rings is 1. The number of aldehydes is 1. The Hall–Kier alpha value is -3.23. The smallest absolute Gasteiger partial charge is 0.405 e. The first kappa shape index (κ1) is 29.8. The number of carbonyl (C=O) groups excluding carboxylic acids is 4. The van der Waals surface area contributed by atoms with Crippen LogP contribution in [0.2, 0.25) is 0 Å². The van der Waals surface area contributed by atoms with E-state index < -0.39 is 41.9 Å². The molecule has 0 radical (unpaired) electrons. The van der Waals surface area contributed by atoms with Gasteiger partial charge in [0.15, 0.2) is 0 Å². The summed E-state index contributed by atoms with van der Waals surface area (Å²) >= 11 is 0. The van der Waals surface area contributed by atoms with Crippen LogP contribution in [0.3, 0.4) is 0 Å². The average molecular weight is 490 g/mol. The molecule has 1 aromatic carbocycles. The normalized spacial score (nSPS) is 13.7. The molecule has 0 heterocycles. The van der Waals surface area contributed by atoms with Gasteiger partial charge in [-0.05, 0) is 49.1 Å². The van der Waals surface area contributed by atoms with Crippen molar-refractivity contribution in [3.63, 3.8) is 0 Å². The van der Waals surface area contributed by atoms with Gasteiger partial charge >= 0.3 is 6.09 Å². The molecule has 0 spiro atoms. The second-order valence-electron chi connectivity index (χ2n) is 10.0. The van der Waals surface area contributed by atoms with Crippen LogP contribution in [-0.2, 0) is 14.4 Å². The fourth-order valence-electron chi connectivity index (χ4n) is 3.82. The molecule has 4 amide bonds. The van der Waals surface area contributed by atoms with Gasteiger partial charge in [-0.15, -0.1) is 0 Å². The Bertz CT molecular complexity index is 869. The summed E-state index contributed by atoms with van der Waals surface area (Å²) in [7, 11) is 0. The van der Waals surface area contributed by atoms with Crippen LogP contribution in [0.5, 0.6) is 0 Å². The number of carbonyl (C=O) groups is 5. The van der Waals surface area contributed by atoms with E-state index in [-0.39, 0.29) is 42.6 Å². The van der Waals surface area contributed by atoms with Crippen LogP contribution in [0, 0.1) is 17.8 Å². The second kappa shape index (κ2) is 14.2. The summed E-state index contributed by atoms with van der Waals surface area (Å²) in [6, 6.07) is 4.99. The van der Waals surface area contributed by atoms with Crippen LogP contribution >= 0.6 is 0 Å². The van der Waals surface area contributed by atoms with Gasteiger partial charge in [0.05, 0.1) is 6.04 Å². The quantitative estimate of drug-likeness (QED) is 0.363. The van der Waals surface area contributed by atoms with E-state index in [0.717, 1.165) is 4.90 Å². The monoisotopic (exact) mass is 489 g/mol. The van der Waals surface area contributed by atoms with Crippen molar-refractivity contribution in [3.8, 4) is 0 Å². The summed E-state index contributed by atoms with van der Waals surface area (Å²) in [5, 5.41) is 14.0. The fourth-order valence-corrected chi connectivity index (χ4v) is 3.82. The number of hydrogen-bond donors (Lipinski definition) is 3. The molecule has 1 rings (SSSR count). The summed E-state index contributed by atoms with van der Waals surface area (Å²) in [5.41, 5.74) is 0.247. The number of amides is 4. The van der Waals surface area contributed by atoms with Crippen molar-refractivity contribution in [1.29, 1.82) is 0 Å². The van der Waals surface area contributed by atoms with Crippen molar-refractivity contribution in [1.82, 2.24) is 15.5 Å². The van der Waals surface area contributed by atoms with Crippen molar-refractivity contribution in [3.05, 3.63) is 35.9 Å². The first-order valence-electron chi connectivity index (χ1n) is 12.0. The number of nitrogens with one attached hydrogen (secondary N) is 2. The Labute approximate surface area is 207 Å². The topological polar surface area (TPSA) is 133 Å². The molecular weight excluding hydrogens is 450 g/mol. The Morgan fingerprint density at radius 2 is 1.34 bits per heavy atom. The molecule has 194 valence electrons. The number of hydrogen-bond acceptors (Lipinski definition) is 5. The molecule has 3 atom stereocenters. The van der Waals surface area contributed by atoms with Gasteiger partial charge in [-0.1, -0.05) is 59.7 Å². The number of imide groups is 1. The summed E-state index contributed by atoms with van der Waals surface area (Å²) in [6.45, 7) is 11.2. The van der Waals surface area contributed by atoms with Crippen LogP contribution < -0.4 is 10.6 Å². The SMILES string of the molecule is CC(C)C[C@H](NC(=O)O)C(=O)N[C@@H](CC(C)C)C(=O)N(C(=O)c1ccccc1)[C@H](C=O)CC(C)C. The summed E-state index contributed by atoms with van der Waals surface area (Å²) < 4.78 is 0. The van der Waals surface area contributed by atoms with E-state index in [1.807, 2.05) is 41.5 Å². The van der Waals surface area contributed by atoms with Crippen molar-refractivity contribution >= 4 is 30.1 Å². The predicted octanol–water partition coefficient (Wildman–Crippen LogP) is 3.48. The van der Waals surface area contributed by atoms with E-state index in [1.54, 1.807) is 30.3 Å². The van der Waals surface area contributed by atoms with Crippen LogP contribution in [0.15, 0.2) is 30.3 Å². The zero-order valence-electron chi connectivity index (χ0n) is 21.5. The van der Waals surface area contributed by atoms with Crippen molar-refractivity contribution in [2.75, 3.05) is 0 Å². The van der Waals surface area contributed by atoms with E-state index in [4.69, 9.17) is 5.11 Å². The lowest BCUT2D eigenvalue weighted by atomic mass is 9.97. The Balaban J connectivity index is 3.39. The van der Waals surface area contributed by atoms with Gasteiger partial charge in [0, 0.05) is 5.56 Å². The van der Waals surface area contributed by atoms with Gasteiger partial charge in [0.1, 0.15) is 18.4 Å². The summed E-state index contributed by atoms with van der Waals surface area (Å²) in [6.07, 6.45) is -0.0561. The minimum Gasteiger partial charge on any atom is -0.465 e. The molecule has 1 aromatic rings. The van der Waals surface area contributed by atoms with Crippen molar-refractivity contribution < 1.29 is 29.1 Å². The highest BCUT2D eigenvalue weighted by atomic mass is 16.4. The molecule has 0 fully saturated rings. The average Bonchev–Trinajstić information content (AvgIpc) is 2.76. The number of carboxylic acid groups (broad SMARTS) is 1. The zero-order chi connectivity index (χ0) is 26.7. The third-order valence-corrected chi connectivity index (χ3v) is 5.32. The first-order chi connectivity index (χ1) is 16.4. The van der Waals surface area contributed by atoms with Gasteiger partial charge < -0.3 is 20.5 Å². The molecule has 0 saturated heterocycles. The summed E-state index contributed by atoms with van der Waals surface area (Å²) in [5.74, 6) is -1.97. The maximum atomic E-state index is 13.8. The molecule has 0 aliphatic heterocycles. The van der Waals surface area contributed by atoms with E-state index >= 15 is 0 Å². The van der Waals surface area contributed by atoms with E-state index in [2.05, 4.69) is 10.6 Å². The van der Waals surface area contributed by atoms with Crippen LogP contribution in [0.25, 0.3) is 0 Å². The highest BCUT2D eigenvalue weighted by Crippen LogP contribution is 2.18. The molecule has 9 nitrogen and oxygen atoms in total. The molecule has 0 aromatic heterocycles. The second-order valence-corrected chi connectivity index (χ2v) is 10.0. The fraction of sp³-hybridized carbons (Fsp3) is 0.577. The van der Waals surface area contributed by atoms with E-state index in [0.29, 0.717) is 6.29 Å². The van der Waals surface area contributed by atoms with Crippen molar-refractivity contribution in [2.45, 2.75) is 78.9 Å². The van der Waals surface area contributed by atoms with Crippen LogP contribution in [0.4, 0.5) is 4.79 Å². The number of rotatable bonds is 13. The molecule has 0 aliphatic rings. The molecule has 35 heavy (non-hydrogen) atoms. The van der Waals surface area contributed by atoms with E-state index in [9.17, 15) is 24.0 Å². The minimum absolute atomic E-state index is 0.0125. The molecule has 0 unspecified atom stereocenters. The third kappa shape index (κ3) is 9.88. The lowest BCUT2D eigenvalue weighted by Gasteiger charge is -2.32. The zero-order valence-corrected chi connectivity index (χ0v) is 21.5. The molecular formula is C26H39N3O6. The van der Waals surface area contributed by atoms with E-state index in [1.165, 1.54) is 0 Å². The standard InChI is InChI=1S/C26H39N3O6/c1-16(2)12-20(15-30)29(24(32)19-10-8-7-9-11-19)25(33)22(14-18(5)6)27-23(31)21(13-17(3)4)28-26(34)35/h7-11,15-18,20-22,28H,12-14H2,1-6H3,(H,27,31)(H,34,35)/t20-,21-,22-/m0/s1. The van der Waals surface area contributed by atoms with Gasteiger partial charge in [-0.25, -0.2) is 4.79 Å². The molecule has 0 bridgehead atoms. The lowest BCUT2D eigenvalue weighted by molar-refractivity contribution is -0.138. The lowest BCUT2D eigenvalue weighted by Crippen LogP contribution is -2.58. The van der Waals surface area contributed by atoms with Gasteiger partial charge in [0.25, 0.3) is 11.8 Å². The Morgan fingerprint density at radius 3 is 1.80 bits per heavy atom. The summed E-state index contributed by atoms with van der Waals surface area (Å²) in [4.78, 5) is 64.4. The van der Waals surface area contributed by atoms with Gasteiger partial charge in [0.2, 0.25) is 5.91 Å². The molecule has 3 N–H and O–H groups in total. The van der Waals surface area contributed by atoms with Crippen LogP contribution in [0.1, 0.15) is 71.2 Å². The molecule has 0 aliphatic carbocycles. The third-order valence-electron chi connectivity index (χ3n) is 5.32. The maximum absolute atomic E-state index is 13.8. The largest absolute Gasteiger partial charge is 0.465 e. The van der Waals surface area contributed by atoms with Crippen molar-refractivity contribution in [2.24, 2.45) is 17.8 Å².